The molecule has 1 aliphatic rings. The summed E-state index contributed by atoms with van der Waals surface area (Å²) in [5.74, 6) is 1.38. The van der Waals surface area contributed by atoms with Crippen molar-refractivity contribution in [1.82, 2.24) is 5.32 Å². The third-order valence-corrected chi connectivity index (χ3v) is 3.74. The van der Waals surface area contributed by atoms with Crippen molar-refractivity contribution in [2.24, 2.45) is 5.92 Å². The van der Waals surface area contributed by atoms with Gasteiger partial charge in [0.15, 0.2) is 0 Å². The maximum absolute atomic E-state index is 9.00. The highest BCUT2D eigenvalue weighted by atomic mass is 79.9. The van der Waals surface area contributed by atoms with E-state index in [1.54, 1.807) is 6.07 Å². The summed E-state index contributed by atoms with van der Waals surface area (Å²) >= 11 is 3.39. The monoisotopic (exact) mass is 308 g/mol. The molecule has 1 atom stereocenters. The van der Waals surface area contributed by atoms with Crippen LogP contribution in [0.2, 0.25) is 0 Å². The minimum atomic E-state index is 0.597. The highest BCUT2D eigenvalue weighted by Crippen LogP contribution is 2.24. The lowest BCUT2D eigenvalue weighted by atomic mass is 9.97. The lowest BCUT2D eigenvalue weighted by Crippen LogP contribution is -2.30. The second kappa shape index (κ2) is 6.77. The Bertz CT molecular complexity index is 436. The van der Waals surface area contributed by atoms with E-state index in [0.29, 0.717) is 23.8 Å². The maximum Gasteiger partial charge on any atom is 0.138 e. The van der Waals surface area contributed by atoms with Crippen molar-refractivity contribution in [3.63, 3.8) is 0 Å². The van der Waals surface area contributed by atoms with Crippen LogP contribution in [-0.4, -0.2) is 19.7 Å². The van der Waals surface area contributed by atoms with Crippen LogP contribution < -0.4 is 10.1 Å². The van der Waals surface area contributed by atoms with Gasteiger partial charge in [-0.3, -0.25) is 0 Å². The van der Waals surface area contributed by atoms with Crippen LogP contribution in [0.3, 0.4) is 0 Å². The summed E-state index contributed by atoms with van der Waals surface area (Å²) in [6.45, 7) is 2.91. The zero-order valence-electron chi connectivity index (χ0n) is 10.3. The summed E-state index contributed by atoms with van der Waals surface area (Å²) in [6.07, 6.45) is 3.58. The molecule has 0 spiro atoms. The van der Waals surface area contributed by atoms with Gasteiger partial charge in [0.05, 0.1) is 12.2 Å². The zero-order chi connectivity index (χ0) is 12.8. The first-order chi connectivity index (χ1) is 8.79. The van der Waals surface area contributed by atoms with E-state index in [1.807, 2.05) is 12.1 Å². The Kier molecular flexibility index (Phi) is 5.03. The first-order valence-electron chi connectivity index (χ1n) is 6.33. The van der Waals surface area contributed by atoms with Gasteiger partial charge in [-0.25, -0.2) is 0 Å². The second-order valence-corrected chi connectivity index (χ2v) is 5.52. The molecule has 1 aromatic rings. The molecule has 0 radical (unpaired) electrons. The normalized spacial score (nSPS) is 19.2. The summed E-state index contributed by atoms with van der Waals surface area (Å²) in [5, 5.41) is 12.4. The van der Waals surface area contributed by atoms with Gasteiger partial charge in [-0.1, -0.05) is 15.9 Å². The lowest BCUT2D eigenvalue weighted by Gasteiger charge is -2.22. The number of nitrogens with zero attached hydrogens (tertiary/aromatic N) is 1. The number of nitrogens with one attached hydrogen (secondary N) is 1. The van der Waals surface area contributed by atoms with E-state index in [0.717, 1.165) is 24.0 Å². The highest BCUT2D eigenvalue weighted by Gasteiger charge is 2.13. The van der Waals surface area contributed by atoms with Gasteiger partial charge in [0.2, 0.25) is 0 Å². The van der Waals surface area contributed by atoms with Crippen molar-refractivity contribution in [3.05, 3.63) is 28.2 Å². The Morgan fingerprint density at radius 1 is 1.50 bits per heavy atom. The Morgan fingerprint density at radius 3 is 3.11 bits per heavy atom. The Labute approximate surface area is 116 Å². The first kappa shape index (κ1) is 13.4. The van der Waals surface area contributed by atoms with Crippen molar-refractivity contribution in [2.45, 2.75) is 19.3 Å². The number of benzene rings is 1. The van der Waals surface area contributed by atoms with Crippen LogP contribution in [0.4, 0.5) is 0 Å². The average Bonchev–Trinajstić information content (AvgIpc) is 2.40. The molecule has 0 aliphatic carbocycles. The van der Waals surface area contributed by atoms with Crippen molar-refractivity contribution in [3.8, 4) is 11.8 Å². The molecular weight excluding hydrogens is 292 g/mol. The van der Waals surface area contributed by atoms with Gasteiger partial charge >= 0.3 is 0 Å². The smallest absolute Gasteiger partial charge is 0.138 e. The molecular formula is C14H17BrN2O. The lowest BCUT2D eigenvalue weighted by molar-refractivity contribution is 0.253. The number of hydrogen-bond donors (Lipinski definition) is 1. The van der Waals surface area contributed by atoms with Crippen molar-refractivity contribution in [1.29, 1.82) is 5.26 Å². The number of rotatable bonds is 4. The number of ether oxygens (including phenoxy) is 1. The predicted molar refractivity (Wildman–Crippen MR) is 74.6 cm³/mol. The summed E-state index contributed by atoms with van der Waals surface area (Å²) in [5.41, 5.74) is 0.597. The van der Waals surface area contributed by atoms with Gasteiger partial charge < -0.3 is 10.1 Å². The van der Waals surface area contributed by atoms with Crippen LogP contribution in [0.5, 0.6) is 5.75 Å². The van der Waals surface area contributed by atoms with Crippen LogP contribution in [0.1, 0.15) is 24.8 Å². The first-order valence-corrected chi connectivity index (χ1v) is 7.12. The molecule has 0 bridgehead atoms. The fourth-order valence-corrected chi connectivity index (χ4v) is 2.55. The number of halogens is 1. The molecule has 3 nitrogen and oxygen atoms in total. The van der Waals surface area contributed by atoms with Crippen LogP contribution in [0, 0.1) is 17.2 Å². The van der Waals surface area contributed by atoms with Gasteiger partial charge in [0.1, 0.15) is 11.8 Å². The van der Waals surface area contributed by atoms with Gasteiger partial charge in [0.25, 0.3) is 0 Å². The molecule has 1 fully saturated rings. The van der Waals surface area contributed by atoms with Gasteiger partial charge in [-0.2, -0.15) is 5.26 Å². The molecule has 0 amide bonds. The third kappa shape index (κ3) is 3.72. The largest absolute Gasteiger partial charge is 0.492 e. The van der Waals surface area contributed by atoms with Gasteiger partial charge in [-0.05, 0) is 56.5 Å². The molecule has 0 aromatic heterocycles. The molecule has 96 valence electrons. The highest BCUT2D eigenvalue weighted by molar-refractivity contribution is 9.10. The standard InChI is InChI=1S/C14H17BrN2O/c15-13-4-3-12(9-16)14(8-13)18-7-5-11-2-1-6-17-10-11/h3-4,8,11,17H,1-2,5-7,10H2. The fourth-order valence-electron chi connectivity index (χ4n) is 2.21. The fraction of sp³-hybridized carbons (Fsp3) is 0.500. The van der Waals surface area contributed by atoms with E-state index in [1.165, 1.54) is 12.8 Å². The molecule has 0 saturated carbocycles. The van der Waals surface area contributed by atoms with E-state index in [-0.39, 0.29) is 0 Å². The van der Waals surface area contributed by atoms with E-state index >= 15 is 0 Å². The van der Waals surface area contributed by atoms with Crippen molar-refractivity contribution < 1.29 is 4.74 Å². The molecule has 1 aromatic carbocycles. The van der Waals surface area contributed by atoms with Crippen LogP contribution in [0.25, 0.3) is 0 Å². The topological polar surface area (TPSA) is 45.0 Å². The zero-order valence-corrected chi connectivity index (χ0v) is 11.9. The minimum Gasteiger partial charge on any atom is -0.492 e. The third-order valence-electron chi connectivity index (χ3n) is 3.25. The van der Waals surface area contributed by atoms with Crippen molar-refractivity contribution in [2.75, 3.05) is 19.7 Å². The van der Waals surface area contributed by atoms with Crippen molar-refractivity contribution >= 4 is 15.9 Å². The molecule has 18 heavy (non-hydrogen) atoms. The quantitative estimate of drug-likeness (QED) is 0.929. The average molecular weight is 309 g/mol. The summed E-state index contributed by atoms with van der Waals surface area (Å²) in [6, 6.07) is 7.65. The molecule has 2 rings (SSSR count). The summed E-state index contributed by atoms with van der Waals surface area (Å²) < 4.78 is 6.67. The van der Waals surface area contributed by atoms with Crippen LogP contribution in [0.15, 0.2) is 22.7 Å². The van der Waals surface area contributed by atoms with Crippen LogP contribution >= 0.6 is 15.9 Å². The predicted octanol–water partition coefficient (Wildman–Crippen LogP) is 3.09. The maximum atomic E-state index is 9.00. The summed E-state index contributed by atoms with van der Waals surface area (Å²) in [7, 11) is 0. The van der Waals surface area contributed by atoms with E-state index in [4.69, 9.17) is 10.00 Å². The number of hydrogen-bond acceptors (Lipinski definition) is 3. The minimum absolute atomic E-state index is 0.597. The Morgan fingerprint density at radius 2 is 2.39 bits per heavy atom. The number of piperidine rings is 1. The number of nitriles is 1. The van der Waals surface area contributed by atoms with Gasteiger partial charge in [-0.15, -0.1) is 0 Å². The van der Waals surface area contributed by atoms with E-state index < -0.39 is 0 Å². The molecule has 1 aliphatic heterocycles. The molecule has 1 saturated heterocycles. The molecule has 1 N–H and O–H groups in total. The van der Waals surface area contributed by atoms with Crippen LogP contribution in [-0.2, 0) is 0 Å². The van der Waals surface area contributed by atoms with E-state index in [2.05, 4.69) is 27.3 Å². The Hall–Kier alpha value is -1.05. The Balaban J connectivity index is 1.86. The molecule has 1 unspecified atom stereocenters. The molecule has 4 heteroatoms. The van der Waals surface area contributed by atoms with E-state index in [9.17, 15) is 0 Å². The second-order valence-electron chi connectivity index (χ2n) is 4.60. The summed E-state index contributed by atoms with van der Waals surface area (Å²) in [4.78, 5) is 0. The van der Waals surface area contributed by atoms with Gasteiger partial charge in [0, 0.05) is 4.47 Å². The molecule has 1 heterocycles. The SMILES string of the molecule is N#Cc1ccc(Br)cc1OCCC1CCCNC1.